The number of aliphatic hydroxyl groups is 1. The molecule has 0 unspecified atom stereocenters. The predicted octanol–water partition coefficient (Wildman–Crippen LogP) is 2.95. The van der Waals surface area contributed by atoms with Crippen LogP contribution in [0, 0.1) is 0 Å². The number of rotatable bonds is 4. The number of allylic oxidation sites excluding steroid dienone is 4. The molecule has 1 amide bonds. The van der Waals surface area contributed by atoms with E-state index in [0.717, 1.165) is 5.39 Å². The van der Waals surface area contributed by atoms with Gasteiger partial charge in [0.05, 0.1) is 16.8 Å². The molecule has 0 atom stereocenters. The number of aliphatic hydroxyl groups excluding tert-OH is 1. The van der Waals surface area contributed by atoms with Gasteiger partial charge in [-0.15, -0.1) is 0 Å². The summed E-state index contributed by atoms with van der Waals surface area (Å²) in [6.07, 6.45) is 9.92. The van der Waals surface area contributed by atoms with E-state index >= 15 is 0 Å². The highest BCUT2D eigenvalue weighted by Gasteiger charge is 2.13. The third-order valence-corrected chi connectivity index (χ3v) is 3.19. The molecule has 0 radical (unpaired) electrons. The molecule has 22 heavy (non-hydrogen) atoms. The van der Waals surface area contributed by atoms with Gasteiger partial charge in [-0.3, -0.25) is 9.78 Å². The summed E-state index contributed by atoms with van der Waals surface area (Å²) in [6.45, 7) is 1.73. The summed E-state index contributed by atoms with van der Waals surface area (Å²) >= 11 is 0. The summed E-state index contributed by atoms with van der Waals surface area (Å²) in [5, 5.41) is 10.2. The van der Waals surface area contributed by atoms with Crippen molar-refractivity contribution in [2.24, 2.45) is 5.73 Å². The van der Waals surface area contributed by atoms with Crippen LogP contribution in [0.15, 0.2) is 54.5 Å². The van der Waals surface area contributed by atoms with Gasteiger partial charge < -0.3 is 16.6 Å². The highest BCUT2D eigenvalue weighted by atomic mass is 16.3. The maximum atomic E-state index is 11.5. The van der Waals surface area contributed by atoms with Crippen LogP contribution in [-0.4, -0.2) is 16.0 Å². The molecule has 0 bridgehead atoms. The Bertz CT molecular complexity index is 805. The molecule has 5 nitrogen and oxygen atoms in total. The number of pyridine rings is 1. The van der Waals surface area contributed by atoms with E-state index in [-0.39, 0.29) is 11.3 Å². The van der Waals surface area contributed by atoms with E-state index in [4.69, 9.17) is 11.5 Å². The van der Waals surface area contributed by atoms with Crippen molar-refractivity contribution in [3.05, 3.63) is 65.6 Å². The van der Waals surface area contributed by atoms with Crippen LogP contribution in [0.3, 0.4) is 0 Å². The average Bonchev–Trinajstić information content (AvgIpc) is 2.52. The normalized spacial score (nSPS) is 12.5. The number of amides is 1. The van der Waals surface area contributed by atoms with Crippen molar-refractivity contribution >= 4 is 28.6 Å². The number of aromatic nitrogens is 1. The fraction of sp³-hybridized carbons (Fsp3) is 0.0588. The third kappa shape index (κ3) is 3.15. The van der Waals surface area contributed by atoms with E-state index in [1.54, 1.807) is 55.6 Å². The molecule has 0 aliphatic carbocycles. The van der Waals surface area contributed by atoms with Gasteiger partial charge in [0, 0.05) is 17.1 Å². The largest absolute Gasteiger partial charge is 0.508 e. The zero-order valence-corrected chi connectivity index (χ0v) is 12.2. The predicted molar refractivity (Wildman–Crippen MR) is 89.2 cm³/mol. The molecular formula is C17H17N3O2. The van der Waals surface area contributed by atoms with E-state index in [2.05, 4.69) is 4.98 Å². The van der Waals surface area contributed by atoms with Crippen molar-refractivity contribution in [2.75, 3.05) is 5.73 Å². The SMILES string of the molecule is C/C=C(O)/C=C\C=C\c1c(N)c(C(N)=O)cc2ncccc12. The van der Waals surface area contributed by atoms with Gasteiger partial charge in [-0.25, -0.2) is 0 Å². The fourth-order valence-electron chi connectivity index (χ4n) is 2.05. The second kappa shape index (κ2) is 6.58. The highest BCUT2D eigenvalue weighted by Crippen LogP contribution is 2.28. The molecule has 1 aromatic carbocycles. The van der Waals surface area contributed by atoms with Gasteiger partial charge in [0.2, 0.25) is 0 Å². The lowest BCUT2D eigenvalue weighted by Crippen LogP contribution is -2.14. The minimum Gasteiger partial charge on any atom is -0.508 e. The molecule has 5 heteroatoms. The summed E-state index contributed by atoms with van der Waals surface area (Å²) in [5.41, 5.74) is 13.3. The lowest BCUT2D eigenvalue weighted by atomic mass is 10.0. The molecule has 0 spiro atoms. The Morgan fingerprint density at radius 1 is 1.36 bits per heavy atom. The second-order valence-electron chi connectivity index (χ2n) is 4.62. The molecule has 0 saturated carbocycles. The number of fused-ring (bicyclic) bond motifs is 1. The van der Waals surface area contributed by atoms with Crippen LogP contribution < -0.4 is 11.5 Å². The quantitative estimate of drug-likeness (QED) is 0.458. The second-order valence-corrected chi connectivity index (χ2v) is 4.62. The first-order chi connectivity index (χ1) is 10.5. The van der Waals surface area contributed by atoms with Crippen LogP contribution in [0.25, 0.3) is 17.0 Å². The average molecular weight is 295 g/mol. The number of hydrogen-bond donors (Lipinski definition) is 3. The van der Waals surface area contributed by atoms with Crippen LogP contribution in [0.2, 0.25) is 0 Å². The highest BCUT2D eigenvalue weighted by molar-refractivity contribution is 6.06. The summed E-state index contributed by atoms with van der Waals surface area (Å²) < 4.78 is 0. The topological polar surface area (TPSA) is 102 Å². The summed E-state index contributed by atoms with van der Waals surface area (Å²) in [5.74, 6) is -0.433. The summed E-state index contributed by atoms with van der Waals surface area (Å²) in [6, 6.07) is 5.26. The van der Waals surface area contributed by atoms with Gasteiger partial charge in [0.1, 0.15) is 5.76 Å². The smallest absolute Gasteiger partial charge is 0.250 e. The number of nitrogen functional groups attached to an aromatic ring is 1. The molecule has 0 saturated heterocycles. The zero-order chi connectivity index (χ0) is 16.1. The third-order valence-electron chi connectivity index (χ3n) is 3.19. The Kier molecular flexibility index (Phi) is 4.58. The van der Waals surface area contributed by atoms with E-state index in [1.807, 2.05) is 6.07 Å². The molecule has 2 rings (SSSR count). The van der Waals surface area contributed by atoms with Crippen LogP contribution in [0.1, 0.15) is 22.8 Å². The van der Waals surface area contributed by atoms with Gasteiger partial charge in [0.25, 0.3) is 5.91 Å². The number of carbonyl (C=O) groups is 1. The Labute approximate surface area is 128 Å². The maximum absolute atomic E-state index is 11.5. The molecule has 5 N–H and O–H groups in total. The zero-order valence-electron chi connectivity index (χ0n) is 12.2. The van der Waals surface area contributed by atoms with Gasteiger partial charge in [0.15, 0.2) is 0 Å². The van der Waals surface area contributed by atoms with Gasteiger partial charge in [-0.2, -0.15) is 0 Å². The van der Waals surface area contributed by atoms with Crippen LogP contribution in [-0.2, 0) is 0 Å². The van der Waals surface area contributed by atoms with Crippen LogP contribution in [0.4, 0.5) is 5.69 Å². The van der Waals surface area contributed by atoms with E-state index in [1.165, 1.54) is 0 Å². The maximum Gasteiger partial charge on any atom is 0.250 e. The molecule has 0 aliphatic heterocycles. The minimum atomic E-state index is -0.596. The first-order valence-electron chi connectivity index (χ1n) is 6.71. The number of nitrogens with zero attached hydrogens (tertiary/aromatic N) is 1. The molecule has 112 valence electrons. The molecule has 1 heterocycles. The standard InChI is InChI=1S/C17H17N3O2/c1-2-11(21)6-3-4-7-13-12-8-5-9-20-15(12)10-14(16(13)18)17(19)22/h2-10,21H,18H2,1H3,(H2,19,22)/b6-3-,7-4+,11-2-. The molecular weight excluding hydrogens is 278 g/mol. The number of primary amides is 1. The number of benzene rings is 1. The minimum absolute atomic E-state index is 0.162. The number of carbonyl (C=O) groups excluding carboxylic acids is 1. The molecule has 1 aromatic heterocycles. The number of anilines is 1. The monoisotopic (exact) mass is 295 g/mol. The van der Waals surface area contributed by atoms with Crippen molar-refractivity contribution in [3.8, 4) is 0 Å². The molecule has 2 aromatic rings. The van der Waals surface area contributed by atoms with E-state index in [0.29, 0.717) is 16.8 Å². The van der Waals surface area contributed by atoms with Gasteiger partial charge >= 0.3 is 0 Å². The van der Waals surface area contributed by atoms with Crippen LogP contribution >= 0.6 is 0 Å². The van der Waals surface area contributed by atoms with Crippen molar-refractivity contribution in [1.29, 1.82) is 0 Å². The van der Waals surface area contributed by atoms with Gasteiger partial charge in [-0.05, 0) is 31.2 Å². The lowest BCUT2D eigenvalue weighted by Gasteiger charge is -2.09. The summed E-state index contributed by atoms with van der Waals surface area (Å²) in [7, 11) is 0. The Morgan fingerprint density at radius 3 is 2.82 bits per heavy atom. The number of nitrogens with two attached hydrogens (primary N) is 2. The van der Waals surface area contributed by atoms with Crippen molar-refractivity contribution in [1.82, 2.24) is 4.98 Å². The first kappa shape index (κ1) is 15.3. The van der Waals surface area contributed by atoms with Crippen molar-refractivity contribution in [2.45, 2.75) is 6.92 Å². The number of hydrogen-bond acceptors (Lipinski definition) is 4. The fourth-order valence-corrected chi connectivity index (χ4v) is 2.05. The van der Waals surface area contributed by atoms with E-state index in [9.17, 15) is 9.90 Å². The van der Waals surface area contributed by atoms with Crippen molar-refractivity contribution < 1.29 is 9.90 Å². The van der Waals surface area contributed by atoms with Crippen LogP contribution in [0.5, 0.6) is 0 Å². The van der Waals surface area contributed by atoms with Gasteiger partial charge in [-0.1, -0.05) is 24.3 Å². The van der Waals surface area contributed by atoms with E-state index < -0.39 is 5.91 Å². The molecule has 0 aliphatic rings. The Morgan fingerprint density at radius 2 is 2.14 bits per heavy atom. The Balaban J connectivity index is 2.56. The lowest BCUT2D eigenvalue weighted by molar-refractivity contribution is 0.100. The summed E-state index contributed by atoms with van der Waals surface area (Å²) in [4.78, 5) is 15.7. The first-order valence-corrected chi connectivity index (χ1v) is 6.71. The Hall–Kier alpha value is -3.08. The van der Waals surface area contributed by atoms with Crippen molar-refractivity contribution in [3.63, 3.8) is 0 Å². The molecule has 0 fully saturated rings.